The summed E-state index contributed by atoms with van der Waals surface area (Å²) in [6.07, 6.45) is 1.78. The van der Waals surface area contributed by atoms with Gasteiger partial charge in [-0.25, -0.2) is 14.2 Å². The Morgan fingerprint density at radius 2 is 1.71 bits per heavy atom. The van der Waals surface area contributed by atoms with Gasteiger partial charge in [-0.05, 0) is 54.5 Å². The van der Waals surface area contributed by atoms with Crippen LogP contribution in [0.4, 0.5) is 4.39 Å². The number of carbonyl (C=O) groups is 1. The summed E-state index contributed by atoms with van der Waals surface area (Å²) in [7, 11) is 1.57. The number of esters is 1. The highest BCUT2D eigenvalue weighted by atomic mass is 32.1. The molecule has 6 rings (SSSR count). The molecular formula is C36H29FN2O5S. The van der Waals surface area contributed by atoms with Crippen LogP contribution in [0, 0.1) is 5.82 Å². The Morgan fingerprint density at radius 3 is 2.44 bits per heavy atom. The number of rotatable bonds is 9. The van der Waals surface area contributed by atoms with Crippen molar-refractivity contribution in [2.75, 3.05) is 13.7 Å². The summed E-state index contributed by atoms with van der Waals surface area (Å²) >= 11 is 1.24. The standard InChI is InChI=1S/C36H29FN2O5S/c1-3-43-35(41)31-32(24-10-5-4-6-11-24)38-36-39(33(31)25-13-9-14-28(21-25)42-2)34(40)30(45-36)20-23-16-18-27(19-17-23)44-22-26-12-7-8-15-29(26)37/h4-21,33H,3,22H2,1-2H3/b30-20-/t33-/m0/s1. The van der Waals surface area contributed by atoms with Crippen LogP contribution in [0.15, 0.2) is 118 Å². The Bertz CT molecular complexity index is 2070. The number of hydrogen-bond donors (Lipinski definition) is 0. The number of ether oxygens (including phenoxy) is 3. The maximum atomic E-state index is 14.1. The van der Waals surface area contributed by atoms with E-state index in [2.05, 4.69) is 0 Å². The maximum Gasteiger partial charge on any atom is 0.338 e. The third-order valence-electron chi connectivity index (χ3n) is 7.31. The lowest BCUT2D eigenvalue weighted by atomic mass is 9.93. The summed E-state index contributed by atoms with van der Waals surface area (Å²) in [5.74, 6) is 0.293. The maximum absolute atomic E-state index is 14.1. The second-order valence-electron chi connectivity index (χ2n) is 10.2. The van der Waals surface area contributed by atoms with E-state index in [1.54, 1.807) is 55.0 Å². The molecule has 0 N–H and O–H groups in total. The Kier molecular flexibility index (Phi) is 8.70. The molecule has 0 bridgehead atoms. The zero-order valence-corrected chi connectivity index (χ0v) is 25.4. The van der Waals surface area contributed by atoms with E-state index in [0.717, 1.165) is 11.1 Å². The van der Waals surface area contributed by atoms with Crippen LogP contribution in [-0.4, -0.2) is 24.3 Å². The summed E-state index contributed by atoms with van der Waals surface area (Å²) in [6.45, 7) is 2.01. The Hall–Kier alpha value is -5.28. The summed E-state index contributed by atoms with van der Waals surface area (Å²) < 4.78 is 32.7. The first-order chi connectivity index (χ1) is 22.0. The average Bonchev–Trinajstić information content (AvgIpc) is 3.38. The van der Waals surface area contributed by atoms with Gasteiger partial charge in [0.05, 0.1) is 35.6 Å². The molecule has 0 saturated heterocycles. The van der Waals surface area contributed by atoms with Crippen molar-refractivity contribution >= 4 is 29.1 Å². The van der Waals surface area contributed by atoms with Crippen LogP contribution in [0.5, 0.6) is 11.5 Å². The number of carbonyl (C=O) groups excluding carboxylic acids is 1. The topological polar surface area (TPSA) is 79.1 Å². The molecule has 45 heavy (non-hydrogen) atoms. The van der Waals surface area contributed by atoms with Gasteiger partial charge in [-0.1, -0.05) is 84.1 Å². The third-order valence-corrected chi connectivity index (χ3v) is 8.30. The van der Waals surface area contributed by atoms with Crippen LogP contribution in [0.1, 0.15) is 35.2 Å². The van der Waals surface area contributed by atoms with E-state index in [9.17, 15) is 14.0 Å². The molecule has 0 saturated carbocycles. The van der Waals surface area contributed by atoms with Crippen LogP contribution < -0.4 is 24.4 Å². The van der Waals surface area contributed by atoms with Crippen molar-refractivity contribution in [1.29, 1.82) is 0 Å². The first-order valence-electron chi connectivity index (χ1n) is 14.4. The molecule has 2 heterocycles. The lowest BCUT2D eigenvalue weighted by Gasteiger charge is -2.26. The first kappa shape index (κ1) is 29.8. The molecule has 0 aliphatic carbocycles. The van der Waals surface area contributed by atoms with E-state index in [0.29, 0.717) is 37.7 Å². The minimum Gasteiger partial charge on any atom is -0.497 e. The van der Waals surface area contributed by atoms with E-state index >= 15 is 0 Å². The number of benzene rings is 4. The van der Waals surface area contributed by atoms with Gasteiger partial charge in [0.2, 0.25) is 0 Å². The number of halogens is 1. The van der Waals surface area contributed by atoms with E-state index < -0.39 is 12.0 Å². The average molecular weight is 621 g/mol. The Labute approximate surface area is 262 Å². The molecule has 4 aromatic carbocycles. The Morgan fingerprint density at radius 1 is 0.956 bits per heavy atom. The van der Waals surface area contributed by atoms with Gasteiger partial charge in [0.15, 0.2) is 4.80 Å². The third kappa shape index (κ3) is 6.21. The number of hydrogen-bond acceptors (Lipinski definition) is 7. The Balaban J connectivity index is 1.45. The fourth-order valence-corrected chi connectivity index (χ4v) is 6.16. The van der Waals surface area contributed by atoms with Crippen LogP contribution >= 0.6 is 11.3 Å². The highest BCUT2D eigenvalue weighted by Gasteiger charge is 2.35. The van der Waals surface area contributed by atoms with E-state index in [-0.39, 0.29) is 30.2 Å². The molecule has 0 unspecified atom stereocenters. The first-order valence-corrected chi connectivity index (χ1v) is 15.2. The van der Waals surface area contributed by atoms with Gasteiger partial charge in [-0.2, -0.15) is 0 Å². The van der Waals surface area contributed by atoms with Crippen molar-refractivity contribution in [1.82, 2.24) is 4.57 Å². The van der Waals surface area contributed by atoms with Crippen LogP contribution in [0.2, 0.25) is 0 Å². The summed E-state index contributed by atoms with van der Waals surface area (Å²) in [5.41, 5.74) is 3.08. The normalized spacial score (nSPS) is 14.5. The quantitative estimate of drug-likeness (QED) is 0.199. The van der Waals surface area contributed by atoms with Crippen LogP contribution in [0.25, 0.3) is 11.8 Å². The van der Waals surface area contributed by atoms with Crippen LogP contribution in [0.3, 0.4) is 0 Å². The number of nitrogens with zero attached hydrogens (tertiary/aromatic N) is 2. The van der Waals surface area contributed by atoms with E-state index in [1.807, 2.05) is 66.7 Å². The molecule has 7 nitrogen and oxygen atoms in total. The second-order valence-corrected chi connectivity index (χ2v) is 11.2. The fourth-order valence-electron chi connectivity index (χ4n) is 5.16. The summed E-state index contributed by atoms with van der Waals surface area (Å²) in [5, 5.41) is 0. The molecule has 1 atom stereocenters. The molecule has 226 valence electrons. The monoisotopic (exact) mass is 620 g/mol. The SMILES string of the molecule is CCOC(=O)C1=C(c2ccccc2)N=c2s/c(=C\c3ccc(OCc4ccccc4F)cc3)c(=O)n2[C@H]1c1cccc(OC)c1. The molecule has 1 aromatic heterocycles. The van der Waals surface area contributed by atoms with Crippen molar-refractivity contribution in [3.63, 3.8) is 0 Å². The van der Waals surface area contributed by atoms with Crippen molar-refractivity contribution in [2.45, 2.75) is 19.6 Å². The van der Waals surface area contributed by atoms with Crippen molar-refractivity contribution < 1.29 is 23.4 Å². The predicted molar refractivity (Wildman–Crippen MR) is 171 cm³/mol. The molecule has 0 radical (unpaired) electrons. The van der Waals surface area contributed by atoms with Crippen molar-refractivity contribution in [2.24, 2.45) is 4.99 Å². The molecule has 0 spiro atoms. The van der Waals surface area contributed by atoms with Gasteiger partial charge in [-0.3, -0.25) is 9.36 Å². The predicted octanol–water partition coefficient (Wildman–Crippen LogP) is 5.66. The fraction of sp³-hybridized carbons (Fsp3) is 0.139. The van der Waals surface area contributed by atoms with Gasteiger partial charge in [0, 0.05) is 11.1 Å². The van der Waals surface area contributed by atoms with Gasteiger partial charge in [-0.15, -0.1) is 0 Å². The number of thiazole rings is 1. The molecule has 5 aromatic rings. The number of methoxy groups -OCH3 is 1. The lowest BCUT2D eigenvalue weighted by Crippen LogP contribution is -2.40. The van der Waals surface area contributed by atoms with E-state index in [1.165, 1.54) is 17.4 Å². The number of aromatic nitrogens is 1. The molecule has 9 heteroatoms. The highest BCUT2D eigenvalue weighted by Crippen LogP contribution is 2.36. The molecule has 0 amide bonds. The van der Waals surface area contributed by atoms with Crippen molar-refractivity contribution in [3.8, 4) is 11.5 Å². The second kappa shape index (κ2) is 13.2. The van der Waals surface area contributed by atoms with Crippen molar-refractivity contribution in [3.05, 3.63) is 156 Å². The molecular weight excluding hydrogens is 591 g/mol. The largest absolute Gasteiger partial charge is 0.497 e. The van der Waals surface area contributed by atoms with Gasteiger partial charge in [0.1, 0.15) is 23.9 Å². The van der Waals surface area contributed by atoms with E-state index in [4.69, 9.17) is 19.2 Å². The summed E-state index contributed by atoms with van der Waals surface area (Å²) in [4.78, 5) is 33.0. The van der Waals surface area contributed by atoms with Gasteiger partial charge in [0.25, 0.3) is 5.56 Å². The molecule has 1 aliphatic rings. The zero-order valence-electron chi connectivity index (χ0n) is 24.6. The lowest BCUT2D eigenvalue weighted by molar-refractivity contribution is -0.138. The summed E-state index contributed by atoms with van der Waals surface area (Å²) in [6, 6.07) is 29.6. The minimum atomic E-state index is -0.804. The number of fused-ring (bicyclic) bond motifs is 1. The molecule has 1 aliphatic heterocycles. The van der Waals surface area contributed by atoms with Gasteiger partial charge >= 0.3 is 5.97 Å². The van der Waals surface area contributed by atoms with Gasteiger partial charge < -0.3 is 14.2 Å². The van der Waals surface area contributed by atoms with Crippen LogP contribution in [-0.2, 0) is 16.1 Å². The smallest absolute Gasteiger partial charge is 0.338 e. The highest BCUT2D eigenvalue weighted by molar-refractivity contribution is 7.07. The zero-order chi connectivity index (χ0) is 31.3. The molecule has 0 fully saturated rings. The minimum absolute atomic E-state index is 0.0986.